The van der Waals surface area contributed by atoms with Crippen molar-refractivity contribution in [2.24, 2.45) is 0 Å². The van der Waals surface area contributed by atoms with Gasteiger partial charge in [-0.05, 0) is 47.1 Å². The molecule has 1 rings (SSSR count). The summed E-state index contributed by atoms with van der Waals surface area (Å²) in [4.78, 5) is 39.3. The van der Waals surface area contributed by atoms with Gasteiger partial charge in [0.25, 0.3) is 0 Å². The number of alkyl carbamates (subject to hydrolysis) is 1. The highest BCUT2D eigenvalue weighted by Crippen LogP contribution is 2.22. The Morgan fingerprint density at radius 2 is 1.69 bits per heavy atom. The molecule has 0 spiro atoms. The summed E-state index contributed by atoms with van der Waals surface area (Å²) in [5, 5.41) is 5.38. The average Bonchev–Trinajstić information content (AvgIpc) is 2.57. The predicted octanol–water partition coefficient (Wildman–Crippen LogP) is 3.18. The molecule has 0 bridgehead atoms. The van der Waals surface area contributed by atoms with E-state index in [4.69, 9.17) is 4.74 Å². The van der Waals surface area contributed by atoms with Gasteiger partial charge in [0.2, 0.25) is 11.8 Å². The molecule has 7 heteroatoms. The summed E-state index contributed by atoms with van der Waals surface area (Å²) >= 11 is 0. The Bertz CT molecular complexity index is 718. The van der Waals surface area contributed by atoms with Gasteiger partial charge >= 0.3 is 6.09 Å². The van der Waals surface area contributed by atoms with Crippen LogP contribution in [0.15, 0.2) is 43.0 Å². The summed E-state index contributed by atoms with van der Waals surface area (Å²) < 4.78 is 5.17. The smallest absolute Gasteiger partial charge is 0.408 e. The molecule has 160 valence electrons. The molecular weight excluding hydrogens is 370 g/mol. The predicted molar refractivity (Wildman–Crippen MR) is 113 cm³/mol. The standard InChI is InChI=1S/C22H33N3O4/c1-8-14-25(17(26)15-23-20(28)29-22(5,6)7)18(16-12-10-9-11-13-16)19(27)24-21(2,3)4/h8-13,18H,1,14-15H2,2-7H3,(H,23,28)(H,24,27). The average molecular weight is 404 g/mol. The van der Waals surface area contributed by atoms with Crippen LogP contribution in [-0.2, 0) is 14.3 Å². The first kappa shape index (κ1) is 24.2. The molecule has 0 radical (unpaired) electrons. The van der Waals surface area contributed by atoms with Gasteiger partial charge in [-0.2, -0.15) is 0 Å². The third-order valence-corrected chi connectivity index (χ3v) is 3.60. The van der Waals surface area contributed by atoms with Crippen molar-refractivity contribution in [3.8, 4) is 0 Å². The Morgan fingerprint density at radius 3 is 2.17 bits per heavy atom. The maximum atomic E-state index is 13.1. The minimum atomic E-state index is -0.860. The van der Waals surface area contributed by atoms with E-state index in [0.717, 1.165) is 0 Å². The van der Waals surface area contributed by atoms with Gasteiger partial charge in [0.1, 0.15) is 18.2 Å². The van der Waals surface area contributed by atoms with Crippen LogP contribution < -0.4 is 10.6 Å². The number of nitrogens with one attached hydrogen (secondary N) is 2. The maximum Gasteiger partial charge on any atom is 0.408 e. The van der Waals surface area contributed by atoms with E-state index in [1.165, 1.54) is 4.90 Å². The first-order valence-electron chi connectivity index (χ1n) is 9.58. The molecule has 1 atom stereocenters. The molecule has 2 N–H and O–H groups in total. The summed E-state index contributed by atoms with van der Waals surface area (Å²) in [5.74, 6) is -0.732. The lowest BCUT2D eigenvalue weighted by Gasteiger charge is -2.33. The molecule has 7 nitrogen and oxygen atoms in total. The summed E-state index contributed by atoms with van der Waals surface area (Å²) in [6.07, 6.45) is 0.853. The highest BCUT2D eigenvalue weighted by Gasteiger charge is 2.32. The molecule has 0 saturated carbocycles. The zero-order chi connectivity index (χ0) is 22.2. The van der Waals surface area contributed by atoms with E-state index < -0.39 is 29.2 Å². The molecular formula is C22H33N3O4. The van der Waals surface area contributed by atoms with Crippen LogP contribution in [0.3, 0.4) is 0 Å². The molecule has 0 aliphatic rings. The number of ether oxygens (including phenoxy) is 1. The second-order valence-corrected chi connectivity index (χ2v) is 8.74. The van der Waals surface area contributed by atoms with Crippen molar-refractivity contribution in [3.63, 3.8) is 0 Å². The molecule has 0 aromatic heterocycles. The first-order valence-corrected chi connectivity index (χ1v) is 9.58. The lowest BCUT2D eigenvalue weighted by atomic mass is 10.0. The molecule has 0 saturated heterocycles. The summed E-state index contributed by atoms with van der Waals surface area (Å²) in [6.45, 7) is 14.4. The fourth-order valence-corrected chi connectivity index (χ4v) is 2.60. The van der Waals surface area contributed by atoms with E-state index >= 15 is 0 Å². The van der Waals surface area contributed by atoms with Crippen LogP contribution in [0.5, 0.6) is 0 Å². The van der Waals surface area contributed by atoms with Crippen molar-refractivity contribution in [3.05, 3.63) is 48.6 Å². The van der Waals surface area contributed by atoms with Gasteiger partial charge in [0, 0.05) is 12.1 Å². The van der Waals surface area contributed by atoms with E-state index in [2.05, 4.69) is 17.2 Å². The van der Waals surface area contributed by atoms with Gasteiger partial charge < -0.3 is 20.3 Å². The van der Waals surface area contributed by atoms with E-state index in [0.29, 0.717) is 5.56 Å². The Kier molecular flexibility index (Phi) is 8.42. The SMILES string of the molecule is C=CCN(C(=O)CNC(=O)OC(C)(C)C)C(C(=O)NC(C)(C)C)c1ccccc1. The van der Waals surface area contributed by atoms with Crippen LogP contribution >= 0.6 is 0 Å². The molecule has 0 aliphatic carbocycles. The quantitative estimate of drug-likeness (QED) is 0.685. The third kappa shape index (κ3) is 8.81. The number of nitrogens with zero attached hydrogens (tertiary/aromatic N) is 1. The summed E-state index contributed by atoms with van der Waals surface area (Å²) in [6, 6.07) is 8.17. The number of benzene rings is 1. The van der Waals surface area contributed by atoms with Gasteiger partial charge in [-0.1, -0.05) is 36.4 Å². The second-order valence-electron chi connectivity index (χ2n) is 8.74. The second kappa shape index (κ2) is 10.1. The highest BCUT2D eigenvalue weighted by atomic mass is 16.6. The van der Waals surface area contributed by atoms with Crippen molar-refractivity contribution in [1.82, 2.24) is 15.5 Å². The minimum Gasteiger partial charge on any atom is -0.444 e. The minimum absolute atomic E-state index is 0.145. The monoisotopic (exact) mass is 403 g/mol. The Morgan fingerprint density at radius 1 is 1.10 bits per heavy atom. The molecule has 3 amide bonds. The lowest BCUT2D eigenvalue weighted by molar-refractivity contribution is -0.140. The van der Waals surface area contributed by atoms with Crippen molar-refractivity contribution < 1.29 is 19.1 Å². The van der Waals surface area contributed by atoms with E-state index in [1.54, 1.807) is 39.0 Å². The van der Waals surface area contributed by atoms with Gasteiger partial charge in [0.15, 0.2) is 0 Å². The van der Waals surface area contributed by atoms with Crippen LogP contribution in [-0.4, -0.2) is 47.0 Å². The van der Waals surface area contributed by atoms with Crippen LogP contribution in [0, 0.1) is 0 Å². The molecule has 1 aromatic rings. The van der Waals surface area contributed by atoms with Crippen molar-refractivity contribution >= 4 is 17.9 Å². The van der Waals surface area contributed by atoms with Crippen LogP contribution in [0.25, 0.3) is 0 Å². The van der Waals surface area contributed by atoms with Crippen LogP contribution in [0.4, 0.5) is 4.79 Å². The summed E-state index contributed by atoms with van der Waals surface area (Å²) in [7, 11) is 0. The Hall–Kier alpha value is -2.83. The van der Waals surface area contributed by atoms with Crippen LogP contribution in [0.1, 0.15) is 53.1 Å². The number of hydrogen-bond acceptors (Lipinski definition) is 4. The fraction of sp³-hybridized carbons (Fsp3) is 0.500. The van der Waals surface area contributed by atoms with E-state index in [1.807, 2.05) is 39.0 Å². The number of carbonyl (C=O) groups excluding carboxylic acids is 3. The Balaban J connectivity index is 3.09. The van der Waals surface area contributed by atoms with Gasteiger partial charge in [-0.3, -0.25) is 9.59 Å². The molecule has 29 heavy (non-hydrogen) atoms. The van der Waals surface area contributed by atoms with Gasteiger partial charge in [-0.15, -0.1) is 6.58 Å². The Labute approximate surface area is 173 Å². The fourth-order valence-electron chi connectivity index (χ4n) is 2.60. The highest BCUT2D eigenvalue weighted by molar-refractivity contribution is 5.90. The number of carbonyl (C=O) groups is 3. The molecule has 0 fully saturated rings. The van der Waals surface area contributed by atoms with E-state index in [9.17, 15) is 14.4 Å². The van der Waals surface area contributed by atoms with E-state index in [-0.39, 0.29) is 19.0 Å². The zero-order valence-corrected chi connectivity index (χ0v) is 18.2. The normalized spacial score (nSPS) is 12.5. The molecule has 1 unspecified atom stereocenters. The molecule has 0 heterocycles. The maximum absolute atomic E-state index is 13.1. The third-order valence-electron chi connectivity index (χ3n) is 3.60. The first-order chi connectivity index (χ1) is 13.3. The number of amides is 3. The molecule has 1 aromatic carbocycles. The topological polar surface area (TPSA) is 87.7 Å². The summed E-state index contributed by atoms with van der Waals surface area (Å²) in [5.41, 5.74) is -0.476. The zero-order valence-electron chi connectivity index (χ0n) is 18.2. The van der Waals surface area contributed by atoms with Crippen LogP contribution in [0.2, 0.25) is 0 Å². The van der Waals surface area contributed by atoms with Gasteiger partial charge in [-0.25, -0.2) is 4.79 Å². The van der Waals surface area contributed by atoms with Crippen molar-refractivity contribution in [1.29, 1.82) is 0 Å². The lowest BCUT2D eigenvalue weighted by Crippen LogP contribution is -2.51. The van der Waals surface area contributed by atoms with Crippen molar-refractivity contribution in [2.75, 3.05) is 13.1 Å². The molecule has 0 aliphatic heterocycles. The van der Waals surface area contributed by atoms with Crippen molar-refractivity contribution in [2.45, 2.75) is 58.7 Å². The largest absolute Gasteiger partial charge is 0.444 e. The van der Waals surface area contributed by atoms with Gasteiger partial charge in [0.05, 0.1) is 0 Å². The number of hydrogen-bond donors (Lipinski definition) is 2. The number of rotatable bonds is 7.